The zero-order valence-electron chi connectivity index (χ0n) is 12.7. The second-order valence-electron chi connectivity index (χ2n) is 5.88. The molecule has 1 nitrogen and oxygen atoms in total. The number of hydrogen-bond donors (Lipinski definition) is 0. The topological polar surface area (TPSA) is 3.24 Å². The van der Waals surface area contributed by atoms with Gasteiger partial charge in [0.1, 0.15) is 0 Å². The van der Waals surface area contributed by atoms with E-state index in [1.807, 2.05) is 23.1 Å². The van der Waals surface area contributed by atoms with Crippen LogP contribution in [0.3, 0.4) is 0 Å². The highest BCUT2D eigenvalue weighted by atomic mass is 32.2. The molecule has 0 saturated heterocycles. The van der Waals surface area contributed by atoms with Gasteiger partial charge in [0, 0.05) is 28.6 Å². The Hall–Kier alpha value is 0.01000. The molecule has 0 amide bonds. The van der Waals surface area contributed by atoms with E-state index in [0.717, 1.165) is 6.54 Å². The number of rotatable bonds is 6. The van der Waals surface area contributed by atoms with E-state index in [-0.39, 0.29) is 5.41 Å². The van der Waals surface area contributed by atoms with Crippen molar-refractivity contribution in [2.75, 3.05) is 25.1 Å². The van der Waals surface area contributed by atoms with Gasteiger partial charge < -0.3 is 4.90 Å². The molecule has 0 aliphatic heterocycles. The Morgan fingerprint density at radius 2 is 2.00 bits per heavy atom. The molecule has 0 N–H and O–H groups in total. The summed E-state index contributed by atoms with van der Waals surface area (Å²) in [5.74, 6) is 2.46. The van der Waals surface area contributed by atoms with Gasteiger partial charge in [0.05, 0.1) is 0 Å². The van der Waals surface area contributed by atoms with E-state index >= 15 is 0 Å². The number of aryl methyl sites for hydroxylation is 1. The predicted octanol–water partition coefficient (Wildman–Crippen LogP) is 4.54. The Bertz CT molecular complexity index is 363. The molecular weight excluding hydrogens is 258 g/mol. The summed E-state index contributed by atoms with van der Waals surface area (Å²) in [5, 5.41) is 0. The first-order valence-corrected chi connectivity index (χ1v) is 8.67. The number of hydrogen-bond acceptors (Lipinski definition) is 3. The van der Waals surface area contributed by atoms with Crippen molar-refractivity contribution in [2.24, 2.45) is 0 Å². The molecule has 0 saturated carbocycles. The lowest BCUT2D eigenvalue weighted by Crippen LogP contribution is -2.20. The Labute approximate surface area is 121 Å². The fourth-order valence-electron chi connectivity index (χ4n) is 1.78. The van der Waals surface area contributed by atoms with Crippen LogP contribution in [-0.4, -0.2) is 30.0 Å². The van der Waals surface area contributed by atoms with E-state index in [2.05, 4.69) is 52.6 Å². The van der Waals surface area contributed by atoms with Crippen LogP contribution in [0.25, 0.3) is 0 Å². The second-order valence-corrected chi connectivity index (χ2v) is 8.53. The standard InChI is InChI=1S/C15H27NS2/c1-7-17-9-8-16(6)11-13-10-14(15(3,4)5)18-12(13)2/h10H,7-9,11H2,1-6H3. The summed E-state index contributed by atoms with van der Waals surface area (Å²) in [6.45, 7) is 13.6. The van der Waals surface area contributed by atoms with E-state index < -0.39 is 0 Å². The Morgan fingerprint density at radius 1 is 1.33 bits per heavy atom. The highest BCUT2D eigenvalue weighted by Crippen LogP contribution is 2.32. The Kier molecular flexibility index (Phi) is 6.22. The lowest BCUT2D eigenvalue weighted by atomic mass is 9.94. The lowest BCUT2D eigenvalue weighted by Gasteiger charge is -2.17. The molecule has 1 aromatic rings. The van der Waals surface area contributed by atoms with Gasteiger partial charge in [-0.3, -0.25) is 0 Å². The summed E-state index contributed by atoms with van der Waals surface area (Å²) in [4.78, 5) is 5.42. The highest BCUT2D eigenvalue weighted by molar-refractivity contribution is 7.99. The van der Waals surface area contributed by atoms with Gasteiger partial charge in [-0.25, -0.2) is 0 Å². The van der Waals surface area contributed by atoms with Crippen LogP contribution in [-0.2, 0) is 12.0 Å². The second kappa shape index (κ2) is 6.97. The van der Waals surface area contributed by atoms with Crippen LogP contribution in [0.4, 0.5) is 0 Å². The maximum atomic E-state index is 2.43. The third-order valence-electron chi connectivity index (χ3n) is 3.02. The molecule has 0 bridgehead atoms. The fourth-order valence-corrected chi connectivity index (χ4v) is 3.60. The van der Waals surface area contributed by atoms with Crippen molar-refractivity contribution in [1.82, 2.24) is 4.90 Å². The largest absolute Gasteiger partial charge is 0.301 e. The summed E-state index contributed by atoms with van der Waals surface area (Å²) in [5.41, 5.74) is 1.79. The van der Waals surface area contributed by atoms with E-state index in [0.29, 0.717) is 0 Å². The van der Waals surface area contributed by atoms with Gasteiger partial charge in [0.25, 0.3) is 0 Å². The van der Waals surface area contributed by atoms with Crippen LogP contribution in [0, 0.1) is 6.92 Å². The molecule has 0 atom stereocenters. The SMILES string of the molecule is CCSCCN(C)Cc1cc(C(C)(C)C)sc1C. The van der Waals surface area contributed by atoms with Crippen LogP contribution in [0.1, 0.15) is 43.0 Å². The zero-order valence-corrected chi connectivity index (χ0v) is 14.3. The van der Waals surface area contributed by atoms with Gasteiger partial charge in [-0.05, 0) is 36.8 Å². The van der Waals surface area contributed by atoms with Gasteiger partial charge in [-0.1, -0.05) is 27.7 Å². The molecule has 1 rings (SSSR count). The van der Waals surface area contributed by atoms with Gasteiger partial charge in [-0.2, -0.15) is 11.8 Å². The van der Waals surface area contributed by atoms with Crippen LogP contribution in [0.15, 0.2) is 6.07 Å². The molecule has 1 aromatic heterocycles. The summed E-state index contributed by atoms with van der Waals surface area (Å²) in [7, 11) is 2.23. The summed E-state index contributed by atoms with van der Waals surface area (Å²) < 4.78 is 0. The zero-order chi connectivity index (χ0) is 13.8. The molecule has 0 radical (unpaired) electrons. The maximum absolute atomic E-state index is 2.43. The molecule has 3 heteroatoms. The molecule has 0 aliphatic carbocycles. The molecular formula is C15H27NS2. The monoisotopic (exact) mass is 285 g/mol. The average molecular weight is 286 g/mol. The van der Waals surface area contributed by atoms with Crippen LogP contribution in [0.5, 0.6) is 0 Å². The van der Waals surface area contributed by atoms with Gasteiger partial charge in [0.2, 0.25) is 0 Å². The molecule has 18 heavy (non-hydrogen) atoms. The maximum Gasteiger partial charge on any atom is 0.0242 e. The third kappa shape index (κ3) is 4.94. The third-order valence-corrected chi connectivity index (χ3v) is 5.42. The Morgan fingerprint density at radius 3 is 2.50 bits per heavy atom. The van der Waals surface area contributed by atoms with Crippen molar-refractivity contribution in [1.29, 1.82) is 0 Å². The minimum atomic E-state index is 0.282. The van der Waals surface area contributed by atoms with Crippen molar-refractivity contribution >= 4 is 23.1 Å². The van der Waals surface area contributed by atoms with Crippen molar-refractivity contribution in [3.63, 3.8) is 0 Å². The average Bonchev–Trinajstić information content (AvgIpc) is 2.60. The first-order valence-electron chi connectivity index (χ1n) is 6.70. The van der Waals surface area contributed by atoms with E-state index in [1.54, 1.807) is 0 Å². The number of thiophene rings is 1. The summed E-state index contributed by atoms with van der Waals surface area (Å²) >= 11 is 3.98. The van der Waals surface area contributed by atoms with E-state index in [1.165, 1.54) is 33.4 Å². The van der Waals surface area contributed by atoms with Crippen molar-refractivity contribution in [2.45, 2.75) is 46.6 Å². The lowest BCUT2D eigenvalue weighted by molar-refractivity contribution is 0.348. The minimum absolute atomic E-state index is 0.282. The van der Waals surface area contributed by atoms with Crippen molar-refractivity contribution in [3.05, 3.63) is 21.4 Å². The predicted molar refractivity (Wildman–Crippen MR) is 87.1 cm³/mol. The molecule has 0 spiro atoms. The molecule has 0 fully saturated rings. The summed E-state index contributed by atoms with van der Waals surface area (Å²) in [6, 6.07) is 2.41. The van der Waals surface area contributed by atoms with E-state index in [4.69, 9.17) is 0 Å². The van der Waals surface area contributed by atoms with Crippen molar-refractivity contribution in [3.8, 4) is 0 Å². The molecule has 0 aromatic carbocycles. The molecule has 1 heterocycles. The first kappa shape index (κ1) is 16.1. The Balaban J connectivity index is 2.59. The van der Waals surface area contributed by atoms with Crippen LogP contribution >= 0.6 is 23.1 Å². The molecule has 0 unspecified atom stereocenters. The van der Waals surface area contributed by atoms with Gasteiger partial charge >= 0.3 is 0 Å². The normalized spacial score (nSPS) is 12.4. The van der Waals surface area contributed by atoms with Gasteiger partial charge in [0.15, 0.2) is 0 Å². The molecule has 104 valence electrons. The quantitative estimate of drug-likeness (QED) is 0.706. The highest BCUT2D eigenvalue weighted by Gasteiger charge is 2.18. The van der Waals surface area contributed by atoms with Crippen molar-refractivity contribution < 1.29 is 0 Å². The smallest absolute Gasteiger partial charge is 0.0242 e. The van der Waals surface area contributed by atoms with E-state index in [9.17, 15) is 0 Å². The van der Waals surface area contributed by atoms with Gasteiger partial charge in [-0.15, -0.1) is 11.3 Å². The fraction of sp³-hybridized carbons (Fsp3) is 0.733. The first-order chi connectivity index (χ1) is 8.34. The van der Waals surface area contributed by atoms with Crippen LogP contribution < -0.4 is 0 Å². The number of thioether (sulfide) groups is 1. The van der Waals surface area contributed by atoms with Crippen LogP contribution in [0.2, 0.25) is 0 Å². The summed E-state index contributed by atoms with van der Waals surface area (Å²) in [6.07, 6.45) is 0. The minimum Gasteiger partial charge on any atom is -0.301 e. The molecule has 0 aliphatic rings. The number of nitrogens with zero attached hydrogens (tertiary/aromatic N) is 1.